The number of amides is 1. The number of carbonyl (C=O) groups excluding carboxylic acids is 1. The van der Waals surface area contributed by atoms with Crippen LogP contribution in [0.3, 0.4) is 0 Å². The van der Waals surface area contributed by atoms with E-state index in [-0.39, 0.29) is 0 Å². The lowest BCUT2D eigenvalue weighted by Gasteiger charge is -2.35. The molecule has 0 aromatic heterocycles. The fourth-order valence-corrected chi connectivity index (χ4v) is 3.17. The molecular formula is C14H26N2O. The smallest absolute Gasteiger partial charge is 0.236 e. The summed E-state index contributed by atoms with van der Waals surface area (Å²) in [7, 11) is 0. The molecule has 1 N–H and O–H groups in total. The van der Waals surface area contributed by atoms with Crippen LogP contribution in [0.2, 0.25) is 0 Å². The average Bonchev–Trinajstić information content (AvgIpc) is 2.84. The van der Waals surface area contributed by atoms with Gasteiger partial charge in [-0.3, -0.25) is 4.79 Å². The Morgan fingerprint density at radius 3 is 2.59 bits per heavy atom. The molecule has 98 valence electrons. The van der Waals surface area contributed by atoms with Crippen LogP contribution in [0, 0.1) is 11.8 Å². The zero-order chi connectivity index (χ0) is 12.3. The van der Waals surface area contributed by atoms with E-state index >= 15 is 0 Å². The first kappa shape index (κ1) is 12.9. The second-order valence-electron chi connectivity index (χ2n) is 5.84. The molecule has 0 bridgehead atoms. The lowest BCUT2D eigenvalue weighted by Crippen LogP contribution is -2.45. The Morgan fingerprint density at radius 1 is 1.18 bits per heavy atom. The zero-order valence-electron chi connectivity index (χ0n) is 11.2. The number of nitrogens with one attached hydrogen (secondary N) is 1. The average molecular weight is 238 g/mol. The topological polar surface area (TPSA) is 32.3 Å². The van der Waals surface area contributed by atoms with Crippen molar-refractivity contribution in [2.24, 2.45) is 11.8 Å². The molecule has 17 heavy (non-hydrogen) atoms. The quantitative estimate of drug-likeness (QED) is 0.816. The molecule has 0 aromatic carbocycles. The third-order valence-electron chi connectivity index (χ3n) is 4.68. The summed E-state index contributed by atoms with van der Waals surface area (Å²) in [4.78, 5) is 13.9. The van der Waals surface area contributed by atoms with E-state index < -0.39 is 0 Å². The molecule has 3 nitrogen and oxygen atoms in total. The van der Waals surface area contributed by atoms with Gasteiger partial charge in [0.05, 0.1) is 6.54 Å². The molecule has 1 heterocycles. The van der Waals surface area contributed by atoms with Crippen molar-refractivity contribution in [2.75, 3.05) is 19.6 Å². The Labute approximate surface area is 105 Å². The molecule has 3 atom stereocenters. The maximum absolute atomic E-state index is 11.9. The van der Waals surface area contributed by atoms with Crippen molar-refractivity contribution in [3.05, 3.63) is 0 Å². The summed E-state index contributed by atoms with van der Waals surface area (Å²) in [6, 6.07) is 0.547. The molecule has 2 fully saturated rings. The number of rotatable bonds is 3. The van der Waals surface area contributed by atoms with E-state index in [9.17, 15) is 4.79 Å². The summed E-state index contributed by atoms with van der Waals surface area (Å²) in [6.45, 7) is 7.14. The van der Waals surface area contributed by atoms with Crippen molar-refractivity contribution >= 4 is 5.91 Å². The molecule has 0 spiro atoms. The minimum Gasteiger partial charge on any atom is -0.342 e. The Kier molecular flexibility index (Phi) is 4.43. The minimum atomic E-state index is 0.299. The van der Waals surface area contributed by atoms with E-state index in [4.69, 9.17) is 0 Å². The first-order valence-corrected chi connectivity index (χ1v) is 7.19. The highest BCUT2D eigenvalue weighted by Crippen LogP contribution is 2.29. The molecule has 2 rings (SSSR count). The molecule has 0 radical (unpaired) electrons. The summed E-state index contributed by atoms with van der Waals surface area (Å²) >= 11 is 0. The molecule has 2 aliphatic rings. The predicted octanol–water partition coefficient (Wildman–Crippen LogP) is 2.02. The first-order valence-electron chi connectivity index (χ1n) is 7.19. The molecular weight excluding hydrogens is 212 g/mol. The third kappa shape index (κ3) is 3.21. The van der Waals surface area contributed by atoms with Gasteiger partial charge in [0.15, 0.2) is 0 Å². The third-order valence-corrected chi connectivity index (χ3v) is 4.68. The highest BCUT2D eigenvalue weighted by molar-refractivity contribution is 5.78. The Balaban J connectivity index is 1.75. The number of carbonyl (C=O) groups is 1. The van der Waals surface area contributed by atoms with Gasteiger partial charge in [-0.05, 0) is 31.1 Å². The van der Waals surface area contributed by atoms with Crippen molar-refractivity contribution in [2.45, 2.75) is 52.0 Å². The standard InChI is InChI=1S/C14H26N2O/c1-11-6-5-7-13(12(11)2)15-10-14(17)16-8-3-4-9-16/h11-13,15H,3-10H2,1-2H3. The Morgan fingerprint density at radius 2 is 1.88 bits per heavy atom. The van der Waals surface area contributed by atoms with E-state index in [2.05, 4.69) is 19.2 Å². The van der Waals surface area contributed by atoms with Crippen molar-refractivity contribution in [1.82, 2.24) is 10.2 Å². The van der Waals surface area contributed by atoms with E-state index in [1.165, 1.54) is 32.1 Å². The second-order valence-corrected chi connectivity index (χ2v) is 5.84. The zero-order valence-corrected chi connectivity index (χ0v) is 11.2. The Hall–Kier alpha value is -0.570. The summed E-state index contributed by atoms with van der Waals surface area (Å²) in [6.07, 6.45) is 6.25. The molecule has 1 aliphatic heterocycles. The van der Waals surface area contributed by atoms with Gasteiger partial charge in [-0.25, -0.2) is 0 Å². The molecule has 0 aromatic rings. The van der Waals surface area contributed by atoms with Crippen molar-refractivity contribution < 1.29 is 4.79 Å². The molecule has 3 unspecified atom stereocenters. The van der Waals surface area contributed by atoms with Crippen LogP contribution in [0.1, 0.15) is 46.0 Å². The van der Waals surface area contributed by atoms with Crippen LogP contribution in [0.4, 0.5) is 0 Å². The van der Waals surface area contributed by atoms with Gasteiger partial charge in [-0.2, -0.15) is 0 Å². The van der Waals surface area contributed by atoms with E-state index in [1.807, 2.05) is 4.90 Å². The van der Waals surface area contributed by atoms with Gasteiger partial charge >= 0.3 is 0 Å². The number of hydrogen-bond donors (Lipinski definition) is 1. The van der Waals surface area contributed by atoms with Crippen molar-refractivity contribution in [3.8, 4) is 0 Å². The SMILES string of the molecule is CC1CCCC(NCC(=O)N2CCCC2)C1C. The van der Waals surface area contributed by atoms with E-state index in [1.54, 1.807) is 0 Å². The van der Waals surface area contributed by atoms with Gasteiger partial charge in [-0.1, -0.05) is 26.7 Å². The van der Waals surface area contributed by atoms with Crippen LogP contribution in [0.25, 0.3) is 0 Å². The minimum absolute atomic E-state index is 0.299. The first-order chi connectivity index (χ1) is 8.18. The number of likely N-dealkylation sites (tertiary alicyclic amines) is 1. The van der Waals surface area contributed by atoms with Gasteiger partial charge in [0.25, 0.3) is 0 Å². The van der Waals surface area contributed by atoms with Crippen LogP contribution in [-0.2, 0) is 4.79 Å². The maximum Gasteiger partial charge on any atom is 0.236 e. The molecule has 3 heteroatoms. The highest BCUT2D eigenvalue weighted by Gasteiger charge is 2.27. The van der Waals surface area contributed by atoms with E-state index in [0.717, 1.165) is 19.0 Å². The van der Waals surface area contributed by atoms with E-state index in [0.29, 0.717) is 24.4 Å². The lowest BCUT2D eigenvalue weighted by atomic mass is 9.78. The summed E-state index contributed by atoms with van der Waals surface area (Å²) < 4.78 is 0. The van der Waals surface area contributed by atoms with Crippen LogP contribution >= 0.6 is 0 Å². The van der Waals surface area contributed by atoms with Crippen molar-refractivity contribution in [3.63, 3.8) is 0 Å². The molecule has 1 amide bonds. The second kappa shape index (κ2) is 5.85. The van der Waals surface area contributed by atoms with Gasteiger partial charge in [0.2, 0.25) is 5.91 Å². The van der Waals surface area contributed by atoms with Crippen LogP contribution in [0.15, 0.2) is 0 Å². The number of hydrogen-bond acceptors (Lipinski definition) is 2. The largest absolute Gasteiger partial charge is 0.342 e. The van der Waals surface area contributed by atoms with Gasteiger partial charge in [0.1, 0.15) is 0 Å². The van der Waals surface area contributed by atoms with Crippen LogP contribution in [0.5, 0.6) is 0 Å². The molecule has 1 aliphatic carbocycles. The monoisotopic (exact) mass is 238 g/mol. The molecule has 1 saturated heterocycles. The fourth-order valence-electron chi connectivity index (χ4n) is 3.17. The summed E-state index contributed by atoms with van der Waals surface area (Å²) in [5.41, 5.74) is 0. The van der Waals surface area contributed by atoms with Gasteiger partial charge in [0, 0.05) is 19.1 Å². The number of nitrogens with zero attached hydrogens (tertiary/aromatic N) is 1. The predicted molar refractivity (Wildman–Crippen MR) is 69.8 cm³/mol. The van der Waals surface area contributed by atoms with Crippen LogP contribution < -0.4 is 5.32 Å². The Bertz CT molecular complexity index is 261. The molecule has 1 saturated carbocycles. The lowest BCUT2D eigenvalue weighted by molar-refractivity contribution is -0.129. The maximum atomic E-state index is 11.9. The highest BCUT2D eigenvalue weighted by atomic mass is 16.2. The summed E-state index contributed by atoms with van der Waals surface area (Å²) in [5.74, 6) is 1.80. The normalized spacial score (nSPS) is 34.0. The van der Waals surface area contributed by atoms with Gasteiger partial charge < -0.3 is 10.2 Å². The summed E-state index contributed by atoms with van der Waals surface area (Å²) in [5, 5.41) is 3.49. The van der Waals surface area contributed by atoms with Gasteiger partial charge in [-0.15, -0.1) is 0 Å². The fraction of sp³-hybridized carbons (Fsp3) is 0.929. The van der Waals surface area contributed by atoms with Crippen LogP contribution in [-0.4, -0.2) is 36.5 Å². The van der Waals surface area contributed by atoms with Crippen molar-refractivity contribution in [1.29, 1.82) is 0 Å².